The number of hydrogen-bond acceptors (Lipinski definition) is 2. The van der Waals surface area contributed by atoms with Crippen LogP contribution in [0.2, 0.25) is 5.02 Å². The van der Waals surface area contributed by atoms with E-state index < -0.39 is 0 Å². The van der Waals surface area contributed by atoms with E-state index in [9.17, 15) is 4.79 Å². The van der Waals surface area contributed by atoms with Crippen molar-refractivity contribution in [3.63, 3.8) is 0 Å². The maximum Gasteiger partial charge on any atom is 0.251 e. The first kappa shape index (κ1) is 15.4. The van der Waals surface area contributed by atoms with Crippen molar-refractivity contribution in [1.82, 2.24) is 5.32 Å². The summed E-state index contributed by atoms with van der Waals surface area (Å²) in [6.45, 7) is 4.89. The Labute approximate surface area is 129 Å². The van der Waals surface area contributed by atoms with Crippen LogP contribution in [0, 0.1) is 13.8 Å². The molecule has 0 atom stereocenters. The first-order valence-electron chi connectivity index (χ1n) is 6.80. The van der Waals surface area contributed by atoms with Crippen LogP contribution in [0.3, 0.4) is 0 Å². The minimum atomic E-state index is -0.0854. The van der Waals surface area contributed by atoms with Crippen molar-refractivity contribution < 1.29 is 9.53 Å². The third-order valence-electron chi connectivity index (χ3n) is 3.24. The van der Waals surface area contributed by atoms with E-state index in [1.54, 1.807) is 24.3 Å². The molecule has 0 fully saturated rings. The van der Waals surface area contributed by atoms with E-state index in [-0.39, 0.29) is 5.91 Å². The van der Waals surface area contributed by atoms with Gasteiger partial charge >= 0.3 is 0 Å². The summed E-state index contributed by atoms with van der Waals surface area (Å²) >= 11 is 5.79. The molecule has 4 heteroatoms. The summed E-state index contributed by atoms with van der Waals surface area (Å²) in [7, 11) is 0. The Balaban J connectivity index is 1.79. The maximum absolute atomic E-state index is 12.0. The Morgan fingerprint density at radius 2 is 1.81 bits per heavy atom. The number of carbonyl (C=O) groups is 1. The van der Waals surface area contributed by atoms with Gasteiger partial charge in [0, 0.05) is 10.6 Å². The number of rotatable bonds is 5. The summed E-state index contributed by atoms with van der Waals surface area (Å²) in [5, 5.41) is 3.51. The first-order chi connectivity index (χ1) is 10.1. The molecule has 0 aromatic heterocycles. The molecule has 2 aromatic rings. The fourth-order valence-corrected chi connectivity index (χ4v) is 1.97. The summed E-state index contributed by atoms with van der Waals surface area (Å²) in [6, 6.07) is 12.8. The van der Waals surface area contributed by atoms with Crippen molar-refractivity contribution in [3.05, 3.63) is 64.2 Å². The van der Waals surface area contributed by atoms with Gasteiger partial charge in [-0.2, -0.15) is 0 Å². The Morgan fingerprint density at radius 3 is 2.48 bits per heavy atom. The quantitative estimate of drug-likeness (QED) is 0.854. The summed E-state index contributed by atoms with van der Waals surface area (Å²) in [5.41, 5.74) is 2.96. The average molecular weight is 304 g/mol. The fraction of sp³-hybridized carbons (Fsp3) is 0.235. The van der Waals surface area contributed by atoms with Gasteiger partial charge in [0.05, 0.1) is 6.54 Å². The molecule has 0 aliphatic carbocycles. The average Bonchev–Trinajstić information content (AvgIpc) is 2.48. The highest BCUT2D eigenvalue weighted by Gasteiger charge is 2.05. The van der Waals surface area contributed by atoms with E-state index in [0.29, 0.717) is 23.7 Å². The van der Waals surface area contributed by atoms with Gasteiger partial charge in [-0.15, -0.1) is 0 Å². The number of carbonyl (C=O) groups excluding carboxylic acids is 1. The van der Waals surface area contributed by atoms with Crippen LogP contribution < -0.4 is 10.1 Å². The molecule has 0 radical (unpaired) electrons. The van der Waals surface area contributed by atoms with Crippen molar-refractivity contribution in [1.29, 1.82) is 0 Å². The lowest BCUT2D eigenvalue weighted by Crippen LogP contribution is -2.28. The molecule has 0 heterocycles. The second kappa shape index (κ2) is 7.14. The lowest BCUT2D eigenvalue weighted by Gasteiger charge is -2.09. The number of amides is 1. The molecule has 2 aromatic carbocycles. The monoisotopic (exact) mass is 303 g/mol. The Hall–Kier alpha value is -2.00. The third-order valence-corrected chi connectivity index (χ3v) is 3.49. The molecule has 1 amide bonds. The van der Waals surface area contributed by atoms with Crippen LogP contribution >= 0.6 is 11.6 Å². The molecule has 0 bridgehead atoms. The van der Waals surface area contributed by atoms with Crippen molar-refractivity contribution in [3.8, 4) is 5.75 Å². The van der Waals surface area contributed by atoms with E-state index in [2.05, 4.69) is 5.32 Å². The number of halogens is 1. The van der Waals surface area contributed by atoms with Gasteiger partial charge in [0.25, 0.3) is 5.91 Å². The van der Waals surface area contributed by atoms with Crippen molar-refractivity contribution >= 4 is 17.5 Å². The number of nitrogens with one attached hydrogen (secondary N) is 1. The molecular weight excluding hydrogens is 286 g/mol. The van der Waals surface area contributed by atoms with E-state index in [4.69, 9.17) is 16.3 Å². The molecule has 0 saturated carbocycles. The number of hydrogen-bond donors (Lipinski definition) is 1. The highest BCUT2D eigenvalue weighted by atomic mass is 35.5. The van der Waals surface area contributed by atoms with Gasteiger partial charge in [0.2, 0.25) is 0 Å². The maximum atomic E-state index is 12.0. The van der Waals surface area contributed by atoms with Crippen molar-refractivity contribution in [2.24, 2.45) is 0 Å². The van der Waals surface area contributed by atoms with Crippen LogP contribution in [0.25, 0.3) is 0 Å². The molecule has 110 valence electrons. The van der Waals surface area contributed by atoms with Gasteiger partial charge in [-0.1, -0.05) is 17.7 Å². The Bertz CT molecular complexity index is 623. The number of ether oxygens (including phenoxy) is 1. The highest BCUT2D eigenvalue weighted by Crippen LogP contribution is 2.15. The molecular formula is C17H18ClNO2. The molecule has 21 heavy (non-hydrogen) atoms. The van der Waals surface area contributed by atoms with Crippen molar-refractivity contribution in [2.45, 2.75) is 13.8 Å². The molecule has 0 aliphatic heterocycles. The van der Waals surface area contributed by atoms with Crippen LogP contribution in [-0.4, -0.2) is 19.1 Å². The summed E-state index contributed by atoms with van der Waals surface area (Å²) in [6.07, 6.45) is 0. The fourth-order valence-electron chi connectivity index (χ4n) is 1.85. The van der Waals surface area contributed by atoms with Crippen molar-refractivity contribution in [2.75, 3.05) is 13.2 Å². The molecule has 3 nitrogen and oxygen atoms in total. The Kier molecular flexibility index (Phi) is 5.23. The summed E-state index contributed by atoms with van der Waals surface area (Å²) in [5.74, 6) is 0.651. The van der Waals surface area contributed by atoms with E-state index in [1.165, 1.54) is 5.56 Å². The molecule has 0 aliphatic rings. The van der Waals surface area contributed by atoms with Gasteiger partial charge < -0.3 is 10.1 Å². The lowest BCUT2D eigenvalue weighted by molar-refractivity contribution is 0.0947. The second-order valence-corrected chi connectivity index (χ2v) is 5.29. The lowest BCUT2D eigenvalue weighted by atomic mass is 10.1. The minimum absolute atomic E-state index is 0.0854. The van der Waals surface area contributed by atoms with Gasteiger partial charge in [0.1, 0.15) is 12.4 Å². The molecule has 2 rings (SSSR count). The van der Waals surface area contributed by atoms with Crippen LogP contribution in [0.15, 0.2) is 42.5 Å². The predicted octanol–water partition coefficient (Wildman–Crippen LogP) is 3.77. The SMILES string of the molecule is Cc1ccc(C(=O)NCCOc2ccc(Cl)cc2)cc1C. The molecule has 0 unspecified atom stereocenters. The minimum Gasteiger partial charge on any atom is -0.492 e. The van der Waals surface area contributed by atoms with Crippen LogP contribution in [0.5, 0.6) is 5.75 Å². The summed E-state index contributed by atoms with van der Waals surface area (Å²) < 4.78 is 5.52. The van der Waals surface area contributed by atoms with Gasteiger partial charge in [-0.3, -0.25) is 4.79 Å². The molecule has 0 saturated heterocycles. The van der Waals surface area contributed by atoms with Crippen LogP contribution in [0.4, 0.5) is 0 Å². The largest absolute Gasteiger partial charge is 0.492 e. The van der Waals surface area contributed by atoms with Gasteiger partial charge in [-0.25, -0.2) is 0 Å². The third kappa shape index (κ3) is 4.50. The molecule has 0 spiro atoms. The summed E-state index contributed by atoms with van der Waals surface area (Å²) in [4.78, 5) is 12.0. The molecule has 1 N–H and O–H groups in total. The second-order valence-electron chi connectivity index (χ2n) is 4.86. The predicted molar refractivity (Wildman–Crippen MR) is 85.2 cm³/mol. The number of benzene rings is 2. The highest BCUT2D eigenvalue weighted by molar-refractivity contribution is 6.30. The topological polar surface area (TPSA) is 38.3 Å². The number of aryl methyl sites for hydroxylation is 2. The zero-order chi connectivity index (χ0) is 15.2. The smallest absolute Gasteiger partial charge is 0.251 e. The van der Waals surface area contributed by atoms with Gasteiger partial charge in [0.15, 0.2) is 0 Å². The zero-order valence-corrected chi connectivity index (χ0v) is 12.9. The normalized spacial score (nSPS) is 10.2. The Morgan fingerprint density at radius 1 is 1.10 bits per heavy atom. The van der Waals surface area contributed by atoms with E-state index in [0.717, 1.165) is 11.3 Å². The first-order valence-corrected chi connectivity index (χ1v) is 7.18. The zero-order valence-electron chi connectivity index (χ0n) is 12.2. The van der Waals surface area contributed by atoms with E-state index in [1.807, 2.05) is 32.0 Å². The van der Waals surface area contributed by atoms with E-state index >= 15 is 0 Å². The van der Waals surface area contributed by atoms with Crippen LogP contribution in [-0.2, 0) is 0 Å². The van der Waals surface area contributed by atoms with Gasteiger partial charge in [-0.05, 0) is 61.4 Å². The van der Waals surface area contributed by atoms with Crippen LogP contribution in [0.1, 0.15) is 21.5 Å². The standard InChI is InChI=1S/C17H18ClNO2/c1-12-3-4-14(11-13(12)2)17(20)19-9-10-21-16-7-5-15(18)6-8-16/h3-8,11H,9-10H2,1-2H3,(H,19,20).